The fourth-order valence-electron chi connectivity index (χ4n) is 1.02. The van der Waals surface area contributed by atoms with Crippen LogP contribution in [0.25, 0.3) is 10.4 Å². The molecule has 8 nitrogen and oxygen atoms in total. The summed E-state index contributed by atoms with van der Waals surface area (Å²) in [7, 11) is 0. The summed E-state index contributed by atoms with van der Waals surface area (Å²) in [4.78, 5) is 23.7. The molecule has 0 saturated heterocycles. The fourth-order valence-corrected chi connectivity index (χ4v) is 1.02. The van der Waals surface area contributed by atoms with Crippen molar-refractivity contribution in [3.05, 3.63) is 62.8 Å². The van der Waals surface area contributed by atoms with Gasteiger partial charge in [-0.05, 0) is 11.6 Å². The molecule has 0 radical (unpaired) electrons. The molecule has 0 heterocycles. The Balaban J connectivity index is 2.89. The van der Waals surface area contributed by atoms with Gasteiger partial charge in [0.1, 0.15) is 5.56 Å². The number of carbonyl (C=O) groups excluding carboxylic acids is 1. The molecule has 0 bridgehead atoms. The van der Waals surface area contributed by atoms with Crippen LogP contribution in [-0.4, -0.2) is 10.9 Å². The highest BCUT2D eigenvalue weighted by molar-refractivity contribution is 5.94. The quantitative estimate of drug-likeness (QED) is 0.151. The van der Waals surface area contributed by atoms with Gasteiger partial charge in [0.05, 0.1) is 11.2 Å². The maximum absolute atomic E-state index is 11.4. The molecule has 1 aromatic carbocycles. The highest BCUT2D eigenvalue weighted by Crippen LogP contribution is 2.18. The summed E-state index contributed by atoms with van der Waals surface area (Å²) in [5.41, 5.74) is 7.41. The van der Waals surface area contributed by atoms with Crippen molar-refractivity contribution in [2.24, 2.45) is 5.11 Å². The van der Waals surface area contributed by atoms with E-state index in [1.807, 2.05) is 0 Å². The van der Waals surface area contributed by atoms with E-state index in [9.17, 15) is 14.9 Å². The lowest BCUT2D eigenvalue weighted by Gasteiger charge is -1.99. The summed E-state index contributed by atoms with van der Waals surface area (Å²) >= 11 is 0. The van der Waals surface area contributed by atoms with Crippen LogP contribution in [0, 0.1) is 10.1 Å². The first kappa shape index (κ1) is 12.2. The third-order valence-electron chi connectivity index (χ3n) is 1.67. The van der Waals surface area contributed by atoms with Crippen molar-refractivity contribution in [1.82, 2.24) is 0 Å². The van der Waals surface area contributed by atoms with E-state index in [-0.39, 0.29) is 11.3 Å². The summed E-state index contributed by atoms with van der Waals surface area (Å²) in [5.74, 6) is -0.901. The molecule has 0 saturated carbocycles. The highest BCUT2D eigenvalue weighted by Gasteiger charge is 2.19. The van der Waals surface area contributed by atoms with Crippen LogP contribution < -0.4 is 0 Å². The summed E-state index contributed by atoms with van der Waals surface area (Å²) < 4.78 is 4.53. The molecule has 17 heavy (non-hydrogen) atoms. The summed E-state index contributed by atoms with van der Waals surface area (Å²) in [6.45, 7) is 0. The average Bonchev–Trinajstić information content (AvgIpc) is 2.34. The second-order valence-corrected chi connectivity index (χ2v) is 2.67. The lowest BCUT2D eigenvalue weighted by atomic mass is 10.2. The number of benzene rings is 1. The van der Waals surface area contributed by atoms with Crippen molar-refractivity contribution < 1.29 is 14.5 Å². The van der Waals surface area contributed by atoms with E-state index < -0.39 is 10.9 Å². The van der Waals surface area contributed by atoms with Crippen LogP contribution >= 0.6 is 0 Å². The number of esters is 1. The van der Waals surface area contributed by atoms with Crippen LogP contribution in [0.2, 0.25) is 0 Å². The Hall–Kier alpha value is -2.86. The molecule has 0 aliphatic heterocycles. The van der Waals surface area contributed by atoms with Crippen LogP contribution in [0.4, 0.5) is 5.69 Å². The number of nitro groups is 1. The molecular formula is C9H6N4O4. The number of hydrogen-bond donors (Lipinski definition) is 0. The number of ether oxygens (including phenoxy) is 1. The zero-order chi connectivity index (χ0) is 12.7. The summed E-state index contributed by atoms with van der Waals surface area (Å²) in [6, 6.07) is 5.36. The predicted molar refractivity (Wildman–Crippen MR) is 56.8 cm³/mol. The topological polar surface area (TPSA) is 118 Å². The monoisotopic (exact) mass is 234 g/mol. The first-order valence-electron chi connectivity index (χ1n) is 4.30. The normalized spacial score (nSPS) is 9.65. The van der Waals surface area contributed by atoms with Gasteiger partial charge in [0.15, 0.2) is 0 Å². The van der Waals surface area contributed by atoms with Gasteiger partial charge in [0, 0.05) is 17.2 Å². The standard InChI is InChI=1S/C9H6N4O4/c10-12-11-5-6-17-9(14)7-3-1-2-4-8(7)13(15)16/h1-6H/b6-5+. The molecule has 0 aromatic heterocycles. The number of nitro benzene ring substituents is 1. The molecule has 1 aromatic rings. The molecule has 0 amide bonds. The lowest BCUT2D eigenvalue weighted by Crippen LogP contribution is -2.04. The Bertz CT molecular complexity index is 519. The van der Waals surface area contributed by atoms with E-state index in [2.05, 4.69) is 14.8 Å². The van der Waals surface area contributed by atoms with Crippen LogP contribution in [0.3, 0.4) is 0 Å². The molecule has 0 aliphatic carbocycles. The number of hydrogen-bond acceptors (Lipinski definition) is 5. The zero-order valence-electron chi connectivity index (χ0n) is 8.39. The number of para-hydroxylation sites is 1. The van der Waals surface area contributed by atoms with Gasteiger partial charge >= 0.3 is 5.97 Å². The van der Waals surface area contributed by atoms with Crippen molar-refractivity contribution in [3.63, 3.8) is 0 Å². The Morgan fingerprint density at radius 3 is 2.88 bits per heavy atom. The third kappa shape index (κ3) is 3.33. The Kier molecular flexibility index (Phi) is 4.23. The third-order valence-corrected chi connectivity index (χ3v) is 1.67. The minimum atomic E-state index is -0.901. The first-order valence-corrected chi connectivity index (χ1v) is 4.30. The van der Waals surface area contributed by atoms with E-state index in [1.165, 1.54) is 24.3 Å². The SMILES string of the molecule is [N-]=[N+]=N/C=C/OC(=O)c1ccccc1[N+](=O)[O-]. The minimum absolute atomic E-state index is 0.178. The van der Waals surface area contributed by atoms with Crippen LogP contribution in [0.15, 0.2) is 41.8 Å². The summed E-state index contributed by atoms with van der Waals surface area (Å²) in [6.07, 6.45) is 1.76. The number of rotatable bonds is 4. The van der Waals surface area contributed by atoms with E-state index in [1.54, 1.807) is 0 Å². The average molecular weight is 234 g/mol. The molecule has 86 valence electrons. The molecular weight excluding hydrogens is 228 g/mol. The number of carbonyl (C=O) groups is 1. The second-order valence-electron chi connectivity index (χ2n) is 2.67. The maximum atomic E-state index is 11.4. The van der Waals surface area contributed by atoms with Gasteiger partial charge in [-0.25, -0.2) is 4.79 Å². The van der Waals surface area contributed by atoms with Gasteiger partial charge in [-0.2, -0.15) is 0 Å². The van der Waals surface area contributed by atoms with Crippen LogP contribution in [0.5, 0.6) is 0 Å². The van der Waals surface area contributed by atoms with Crippen molar-refractivity contribution in [1.29, 1.82) is 0 Å². The summed E-state index contributed by atoms with van der Waals surface area (Å²) in [5, 5.41) is 13.6. The fraction of sp³-hybridized carbons (Fsp3) is 0. The molecule has 0 unspecified atom stereocenters. The molecule has 1 rings (SSSR count). The smallest absolute Gasteiger partial charge is 0.349 e. The molecule has 0 fully saturated rings. The zero-order valence-corrected chi connectivity index (χ0v) is 8.39. The van der Waals surface area contributed by atoms with Gasteiger partial charge in [0.2, 0.25) is 0 Å². The molecule has 0 aliphatic rings. The predicted octanol–water partition coefficient (Wildman–Crippen LogP) is 2.53. The Labute approximate surface area is 94.9 Å². The largest absolute Gasteiger partial charge is 0.431 e. The van der Waals surface area contributed by atoms with E-state index in [0.29, 0.717) is 0 Å². The van der Waals surface area contributed by atoms with Gasteiger partial charge in [-0.3, -0.25) is 10.1 Å². The van der Waals surface area contributed by atoms with Gasteiger partial charge < -0.3 is 4.74 Å². The van der Waals surface area contributed by atoms with Crippen molar-refractivity contribution >= 4 is 11.7 Å². The van der Waals surface area contributed by atoms with Crippen molar-refractivity contribution in [2.75, 3.05) is 0 Å². The van der Waals surface area contributed by atoms with Gasteiger partial charge in [-0.15, -0.1) is 0 Å². The number of azide groups is 1. The van der Waals surface area contributed by atoms with E-state index in [4.69, 9.17) is 5.53 Å². The molecule has 0 atom stereocenters. The number of nitrogens with zero attached hydrogens (tertiary/aromatic N) is 4. The molecule has 0 N–H and O–H groups in total. The van der Waals surface area contributed by atoms with Crippen molar-refractivity contribution in [2.45, 2.75) is 0 Å². The second kappa shape index (κ2) is 5.89. The molecule has 8 heteroatoms. The van der Waals surface area contributed by atoms with E-state index >= 15 is 0 Å². The van der Waals surface area contributed by atoms with Crippen molar-refractivity contribution in [3.8, 4) is 0 Å². The van der Waals surface area contributed by atoms with E-state index in [0.717, 1.165) is 12.5 Å². The highest BCUT2D eigenvalue weighted by atomic mass is 16.6. The van der Waals surface area contributed by atoms with Crippen LogP contribution in [0.1, 0.15) is 10.4 Å². The maximum Gasteiger partial charge on any atom is 0.349 e. The Morgan fingerprint density at radius 2 is 2.24 bits per heavy atom. The first-order chi connectivity index (χ1) is 8.16. The minimum Gasteiger partial charge on any atom is -0.431 e. The lowest BCUT2D eigenvalue weighted by molar-refractivity contribution is -0.385. The molecule has 0 spiro atoms. The van der Waals surface area contributed by atoms with Gasteiger partial charge in [-0.1, -0.05) is 17.2 Å². The van der Waals surface area contributed by atoms with Gasteiger partial charge in [0.25, 0.3) is 5.69 Å². The Morgan fingerprint density at radius 1 is 1.53 bits per heavy atom. The van der Waals surface area contributed by atoms with Crippen LogP contribution in [-0.2, 0) is 4.74 Å².